The Morgan fingerprint density at radius 3 is 2.79 bits per heavy atom. The van der Waals surface area contributed by atoms with Crippen molar-refractivity contribution in [2.75, 3.05) is 13.1 Å². The van der Waals surface area contributed by atoms with Gasteiger partial charge in [-0.25, -0.2) is 4.57 Å². The van der Waals surface area contributed by atoms with Crippen LogP contribution in [-0.4, -0.2) is 38.8 Å². The van der Waals surface area contributed by atoms with E-state index >= 15 is 0 Å². The second-order valence-electron chi connectivity index (χ2n) is 6.46. The molecule has 132 valence electrons. The summed E-state index contributed by atoms with van der Waals surface area (Å²) < 4.78 is 16.1. The number of likely N-dealkylation sites (tertiary alicyclic amines) is 1. The van der Waals surface area contributed by atoms with Crippen LogP contribution in [0.3, 0.4) is 0 Å². The molecular weight excluding hydrogens is 327 g/mol. The van der Waals surface area contributed by atoms with Crippen molar-refractivity contribution in [3.8, 4) is 5.75 Å². The summed E-state index contributed by atoms with van der Waals surface area (Å²) in [5, 5.41) is 0.765. The predicted octanol–water partition coefficient (Wildman–Crippen LogP) is 3.30. The molecule has 3 N–H and O–H groups in total. The maximum Gasteiger partial charge on any atom is 0.524 e. The molecule has 2 heterocycles. The van der Waals surface area contributed by atoms with E-state index in [2.05, 4.69) is 23.7 Å². The minimum Gasteiger partial charge on any atom is -0.404 e. The van der Waals surface area contributed by atoms with E-state index in [1.165, 1.54) is 12.8 Å². The van der Waals surface area contributed by atoms with Gasteiger partial charge < -0.3 is 9.51 Å². The summed E-state index contributed by atoms with van der Waals surface area (Å²) in [7, 11) is -4.57. The van der Waals surface area contributed by atoms with Crippen molar-refractivity contribution in [3.63, 3.8) is 0 Å². The van der Waals surface area contributed by atoms with Crippen LogP contribution in [0, 0.1) is 5.92 Å². The zero-order chi connectivity index (χ0) is 17.3. The molecular formula is C17H25N2O4P. The second-order valence-corrected chi connectivity index (χ2v) is 7.63. The molecule has 0 aliphatic carbocycles. The third kappa shape index (κ3) is 3.52. The number of phosphoric acid groups is 1. The largest absolute Gasteiger partial charge is 0.524 e. The number of aromatic nitrogens is 1. The minimum atomic E-state index is -4.57. The van der Waals surface area contributed by atoms with Gasteiger partial charge >= 0.3 is 7.82 Å². The standard InChI is InChI=1S/C17H25N2O4P/c1-3-12-11-19(15(12)4-2)9-8-13-10-18-14-6-5-7-16(17(13)14)23-24(20,21)22/h5-7,10,12,15,18H,3-4,8-9,11H2,1-2H3,(H2,20,21,22). The van der Waals surface area contributed by atoms with E-state index in [1.807, 2.05) is 12.3 Å². The molecule has 1 aromatic carbocycles. The van der Waals surface area contributed by atoms with Crippen molar-refractivity contribution in [2.24, 2.45) is 5.92 Å². The van der Waals surface area contributed by atoms with E-state index in [-0.39, 0.29) is 5.75 Å². The van der Waals surface area contributed by atoms with E-state index in [0.29, 0.717) is 6.04 Å². The molecule has 1 fully saturated rings. The number of nitrogens with zero attached hydrogens (tertiary/aromatic N) is 1. The first-order chi connectivity index (χ1) is 11.4. The van der Waals surface area contributed by atoms with Gasteiger partial charge in [-0.3, -0.25) is 14.7 Å². The Hall–Kier alpha value is -1.33. The molecule has 1 aromatic heterocycles. The van der Waals surface area contributed by atoms with Gasteiger partial charge in [-0.15, -0.1) is 0 Å². The van der Waals surface area contributed by atoms with Crippen LogP contribution in [0.25, 0.3) is 10.9 Å². The van der Waals surface area contributed by atoms with Gasteiger partial charge in [0.25, 0.3) is 0 Å². The fourth-order valence-electron chi connectivity index (χ4n) is 3.85. The number of nitrogens with one attached hydrogen (secondary N) is 1. The Morgan fingerprint density at radius 2 is 2.12 bits per heavy atom. The summed E-state index contributed by atoms with van der Waals surface area (Å²) in [5.41, 5.74) is 1.86. The van der Waals surface area contributed by atoms with Gasteiger partial charge in [0.05, 0.1) is 0 Å². The lowest BCUT2D eigenvalue weighted by Gasteiger charge is -2.48. The molecule has 2 atom stereocenters. The molecule has 1 saturated heterocycles. The van der Waals surface area contributed by atoms with E-state index in [0.717, 1.165) is 41.9 Å². The van der Waals surface area contributed by atoms with Gasteiger partial charge in [-0.1, -0.05) is 26.3 Å². The van der Waals surface area contributed by atoms with Crippen LogP contribution < -0.4 is 4.52 Å². The van der Waals surface area contributed by atoms with Crippen LogP contribution in [0.5, 0.6) is 5.75 Å². The average molecular weight is 352 g/mol. The first-order valence-corrected chi connectivity index (χ1v) is 10.0. The predicted molar refractivity (Wildman–Crippen MR) is 94.1 cm³/mol. The lowest BCUT2D eigenvalue weighted by atomic mass is 9.84. The Morgan fingerprint density at radius 1 is 1.33 bits per heavy atom. The summed E-state index contributed by atoms with van der Waals surface area (Å²) >= 11 is 0. The maximum atomic E-state index is 11.2. The zero-order valence-electron chi connectivity index (χ0n) is 14.1. The summed E-state index contributed by atoms with van der Waals surface area (Å²) in [6, 6.07) is 5.87. The van der Waals surface area contributed by atoms with Crippen LogP contribution >= 0.6 is 7.82 Å². The van der Waals surface area contributed by atoms with Crippen LogP contribution in [0.4, 0.5) is 0 Å². The number of aromatic amines is 1. The Bertz CT molecular complexity index is 754. The first kappa shape index (κ1) is 17.5. The molecule has 1 aliphatic rings. The number of H-pyrrole nitrogens is 1. The van der Waals surface area contributed by atoms with Crippen LogP contribution in [-0.2, 0) is 11.0 Å². The molecule has 3 rings (SSSR count). The van der Waals surface area contributed by atoms with E-state index in [4.69, 9.17) is 14.3 Å². The summed E-state index contributed by atoms with van der Waals surface area (Å²) in [6.45, 7) is 6.57. The SMILES string of the molecule is CCC1CN(CCc2c[nH]c3cccc(OP(=O)(O)O)c23)C1CC. The van der Waals surface area contributed by atoms with Crippen molar-refractivity contribution < 1.29 is 18.9 Å². The summed E-state index contributed by atoms with van der Waals surface area (Å²) in [4.78, 5) is 23.9. The highest BCUT2D eigenvalue weighted by molar-refractivity contribution is 7.46. The molecule has 0 spiro atoms. The van der Waals surface area contributed by atoms with Crippen LogP contribution in [0.2, 0.25) is 0 Å². The summed E-state index contributed by atoms with van der Waals surface area (Å²) in [6.07, 6.45) is 5.13. The quantitative estimate of drug-likeness (QED) is 0.666. The fourth-order valence-corrected chi connectivity index (χ4v) is 4.26. The van der Waals surface area contributed by atoms with E-state index < -0.39 is 7.82 Å². The molecule has 6 nitrogen and oxygen atoms in total. The van der Waals surface area contributed by atoms with Gasteiger partial charge in [0.15, 0.2) is 0 Å². The smallest absolute Gasteiger partial charge is 0.404 e. The third-order valence-electron chi connectivity index (χ3n) is 5.06. The number of rotatable bonds is 7. The highest BCUT2D eigenvalue weighted by atomic mass is 31.2. The van der Waals surface area contributed by atoms with Gasteiger partial charge in [-0.05, 0) is 36.5 Å². The van der Waals surface area contributed by atoms with Crippen LogP contribution in [0.15, 0.2) is 24.4 Å². The van der Waals surface area contributed by atoms with Crippen molar-refractivity contribution in [3.05, 3.63) is 30.0 Å². The van der Waals surface area contributed by atoms with Crippen molar-refractivity contribution in [1.29, 1.82) is 0 Å². The molecule has 2 aromatic rings. The Labute approximate surface area is 142 Å². The average Bonchev–Trinajstić information content (AvgIpc) is 2.90. The minimum absolute atomic E-state index is 0.235. The van der Waals surface area contributed by atoms with Gasteiger partial charge in [0.2, 0.25) is 0 Å². The Kier molecular flexibility index (Phi) is 5.02. The molecule has 0 radical (unpaired) electrons. The Balaban J connectivity index is 1.77. The molecule has 24 heavy (non-hydrogen) atoms. The maximum absolute atomic E-state index is 11.2. The van der Waals surface area contributed by atoms with Crippen molar-refractivity contribution >= 4 is 18.7 Å². The number of fused-ring (bicyclic) bond motifs is 1. The zero-order valence-corrected chi connectivity index (χ0v) is 15.0. The number of phosphoric ester groups is 1. The molecule has 0 bridgehead atoms. The second kappa shape index (κ2) is 6.89. The normalized spacial score (nSPS) is 21.8. The van der Waals surface area contributed by atoms with Crippen molar-refractivity contribution in [1.82, 2.24) is 9.88 Å². The lowest BCUT2D eigenvalue weighted by molar-refractivity contribution is 0.0117. The highest BCUT2D eigenvalue weighted by Crippen LogP contribution is 2.41. The van der Waals surface area contributed by atoms with Crippen molar-refractivity contribution in [2.45, 2.75) is 39.2 Å². The van der Waals surface area contributed by atoms with Crippen LogP contribution in [0.1, 0.15) is 32.3 Å². The topological polar surface area (TPSA) is 85.8 Å². The monoisotopic (exact) mass is 352 g/mol. The summed E-state index contributed by atoms with van der Waals surface area (Å²) in [5.74, 6) is 1.03. The van der Waals surface area contributed by atoms with E-state index in [1.54, 1.807) is 12.1 Å². The third-order valence-corrected chi connectivity index (χ3v) is 5.49. The molecule has 2 unspecified atom stereocenters. The van der Waals surface area contributed by atoms with Gasteiger partial charge in [-0.2, -0.15) is 0 Å². The molecule has 0 amide bonds. The number of benzene rings is 1. The molecule has 1 aliphatic heterocycles. The highest BCUT2D eigenvalue weighted by Gasteiger charge is 2.35. The molecule has 7 heteroatoms. The fraction of sp³-hybridized carbons (Fsp3) is 0.529. The number of hydrogen-bond acceptors (Lipinski definition) is 3. The van der Waals surface area contributed by atoms with E-state index in [9.17, 15) is 4.57 Å². The molecule has 0 saturated carbocycles. The van der Waals surface area contributed by atoms with Gasteiger partial charge in [0.1, 0.15) is 5.75 Å². The number of hydrogen-bond donors (Lipinski definition) is 3. The first-order valence-electron chi connectivity index (χ1n) is 8.51. The van der Waals surface area contributed by atoms with Gasteiger partial charge in [0, 0.05) is 36.2 Å². The lowest BCUT2D eigenvalue weighted by Crippen LogP contribution is -2.56.